The molecule has 0 rings (SSSR count). The largest absolute Gasteiger partial charge is 0.369 e. The topological polar surface area (TPSA) is 63.4 Å². The SMILES string of the molecule is C=CCC(CC=C)(C(N)=O)C(=O)N(CC(C)(C)C)CC(C)(C)C. The lowest BCUT2D eigenvalue weighted by molar-refractivity contribution is -0.151. The Labute approximate surface area is 141 Å². The third-order valence-electron chi connectivity index (χ3n) is 3.48. The third-order valence-corrected chi connectivity index (χ3v) is 3.48. The van der Waals surface area contributed by atoms with E-state index < -0.39 is 11.3 Å². The summed E-state index contributed by atoms with van der Waals surface area (Å²) in [6, 6.07) is 0. The van der Waals surface area contributed by atoms with Gasteiger partial charge in [0.15, 0.2) is 0 Å². The summed E-state index contributed by atoms with van der Waals surface area (Å²) < 4.78 is 0. The number of nitrogens with two attached hydrogens (primary N) is 1. The molecule has 0 aromatic rings. The van der Waals surface area contributed by atoms with Gasteiger partial charge < -0.3 is 10.6 Å². The Morgan fingerprint density at radius 3 is 1.48 bits per heavy atom. The summed E-state index contributed by atoms with van der Waals surface area (Å²) in [6.07, 6.45) is 3.60. The van der Waals surface area contributed by atoms with E-state index in [-0.39, 0.29) is 29.6 Å². The summed E-state index contributed by atoms with van der Waals surface area (Å²) in [6.45, 7) is 20.9. The Balaban J connectivity index is 5.87. The molecule has 0 aromatic heterocycles. The molecule has 0 aliphatic rings. The van der Waals surface area contributed by atoms with Crippen LogP contribution in [-0.4, -0.2) is 29.8 Å². The van der Waals surface area contributed by atoms with Gasteiger partial charge in [-0.05, 0) is 23.7 Å². The molecule has 2 amide bonds. The molecular weight excluding hydrogens is 288 g/mol. The van der Waals surface area contributed by atoms with Gasteiger partial charge in [-0.25, -0.2) is 0 Å². The fraction of sp³-hybridized carbons (Fsp3) is 0.684. The smallest absolute Gasteiger partial charge is 0.238 e. The standard InChI is InChI=1S/C19H34N2O2/c1-9-11-19(12-10-2,15(20)22)16(23)21(13-17(3,4)5)14-18(6,7)8/h9-10H,1-2,11-14H2,3-8H3,(H2,20,22). The van der Waals surface area contributed by atoms with Gasteiger partial charge >= 0.3 is 0 Å². The number of allylic oxidation sites excluding steroid dienone is 2. The predicted molar refractivity (Wildman–Crippen MR) is 96.7 cm³/mol. The highest BCUT2D eigenvalue weighted by Gasteiger charge is 2.45. The second-order valence-electron chi connectivity index (χ2n) is 8.71. The first-order valence-corrected chi connectivity index (χ1v) is 8.10. The molecule has 0 atom stereocenters. The van der Waals surface area contributed by atoms with Crippen LogP contribution in [0.15, 0.2) is 25.3 Å². The molecule has 0 unspecified atom stereocenters. The minimum absolute atomic E-state index is 0.0767. The Morgan fingerprint density at radius 1 is 0.913 bits per heavy atom. The van der Waals surface area contributed by atoms with Gasteiger partial charge in [-0.2, -0.15) is 0 Å². The van der Waals surface area contributed by atoms with Crippen LogP contribution in [0.5, 0.6) is 0 Å². The van der Waals surface area contributed by atoms with Crippen LogP contribution in [0.2, 0.25) is 0 Å². The van der Waals surface area contributed by atoms with Gasteiger partial charge in [0.05, 0.1) is 0 Å². The van der Waals surface area contributed by atoms with Crippen LogP contribution in [0.25, 0.3) is 0 Å². The Bertz CT molecular complexity index is 427. The zero-order valence-electron chi connectivity index (χ0n) is 15.7. The summed E-state index contributed by atoms with van der Waals surface area (Å²) in [5, 5.41) is 0. The lowest BCUT2D eigenvalue weighted by Crippen LogP contribution is -2.54. The van der Waals surface area contributed by atoms with Crippen LogP contribution in [0.3, 0.4) is 0 Å². The van der Waals surface area contributed by atoms with Crippen LogP contribution in [-0.2, 0) is 9.59 Å². The van der Waals surface area contributed by atoms with Crippen LogP contribution < -0.4 is 5.73 Å². The highest BCUT2D eigenvalue weighted by Crippen LogP contribution is 2.33. The molecule has 0 spiro atoms. The molecule has 0 saturated carbocycles. The van der Waals surface area contributed by atoms with Crippen LogP contribution in [0, 0.1) is 16.2 Å². The van der Waals surface area contributed by atoms with Crippen molar-refractivity contribution in [3.63, 3.8) is 0 Å². The quantitative estimate of drug-likeness (QED) is 0.549. The molecule has 0 radical (unpaired) electrons. The van der Waals surface area contributed by atoms with Crippen molar-refractivity contribution in [2.24, 2.45) is 22.0 Å². The van der Waals surface area contributed by atoms with Gasteiger partial charge in [0.25, 0.3) is 0 Å². The van der Waals surface area contributed by atoms with Crippen LogP contribution in [0.4, 0.5) is 0 Å². The number of amides is 2. The highest BCUT2D eigenvalue weighted by atomic mass is 16.2. The van der Waals surface area contributed by atoms with Crippen molar-refractivity contribution in [1.29, 1.82) is 0 Å². The average Bonchev–Trinajstić information content (AvgIpc) is 2.33. The first-order valence-electron chi connectivity index (χ1n) is 8.10. The molecule has 2 N–H and O–H groups in total. The number of carbonyl (C=O) groups is 2. The van der Waals surface area contributed by atoms with Crippen molar-refractivity contribution in [2.45, 2.75) is 54.4 Å². The Morgan fingerprint density at radius 2 is 1.26 bits per heavy atom. The Kier molecular flexibility index (Phi) is 7.26. The fourth-order valence-electron chi connectivity index (χ4n) is 2.70. The third kappa shape index (κ3) is 6.59. The molecular formula is C19H34N2O2. The maximum Gasteiger partial charge on any atom is 0.238 e. The second-order valence-corrected chi connectivity index (χ2v) is 8.71. The molecule has 0 aromatic carbocycles. The average molecular weight is 322 g/mol. The summed E-state index contributed by atoms with van der Waals surface area (Å²) in [5.41, 5.74) is 4.18. The summed E-state index contributed by atoms with van der Waals surface area (Å²) in [4.78, 5) is 27.2. The van der Waals surface area contributed by atoms with Crippen LogP contribution >= 0.6 is 0 Å². The number of carbonyl (C=O) groups excluding carboxylic acids is 2. The number of rotatable bonds is 8. The van der Waals surface area contributed by atoms with Crippen molar-refractivity contribution < 1.29 is 9.59 Å². The van der Waals surface area contributed by atoms with E-state index in [1.54, 1.807) is 17.1 Å². The zero-order chi connectivity index (χ0) is 18.5. The van der Waals surface area contributed by atoms with Crippen molar-refractivity contribution in [1.82, 2.24) is 4.90 Å². The molecule has 23 heavy (non-hydrogen) atoms. The Hall–Kier alpha value is -1.58. The highest BCUT2D eigenvalue weighted by molar-refractivity contribution is 6.04. The van der Waals surface area contributed by atoms with Gasteiger partial charge in [-0.15, -0.1) is 13.2 Å². The summed E-state index contributed by atoms with van der Waals surface area (Å²) in [5.74, 6) is -0.843. The van der Waals surface area contributed by atoms with Crippen molar-refractivity contribution in [3.05, 3.63) is 25.3 Å². The lowest BCUT2D eigenvalue weighted by Gasteiger charge is -2.40. The molecule has 0 aliphatic heterocycles. The fourth-order valence-corrected chi connectivity index (χ4v) is 2.70. The number of hydrogen-bond donors (Lipinski definition) is 1. The first kappa shape index (κ1) is 21.4. The minimum Gasteiger partial charge on any atom is -0.369 e. The normalized spacial score (nSPS) is 12.6. The molecule has 0 fully saturated rings. The van der Waals surface area contributed by atoms with E-state index in [1.165, 1.54) is 0 Å². The van der Waals surface area contributed by atoms with Gasteiger partial charge in [0.1, 0.15) is 5.41 Å². The van der Waals surface area contributed by atoms with E-state index in [9.17, 15) is 9.59 Å². The minimum atomic E-state index is -1.29. The summed E-state index contributed by atoms with van der Waals surface area (Å²) in [7, 11) is 0. The van der Waals surface area contributed by atoms with Gasteiger partial charge in [0.2, 0.25) is 11.8 Å². The van der Waals surface area contributed by atoms with Crippen molar-refractivity contribution in [2.75, 3.05) is 13.1 Å². The van der Waals surface area contributed by atoms with Crippen molar-refractivity contribution in [3.8, 4) is 0 Å². The maximum absolute atomic E-state index is 13.3. The molecule has 0 heterocycles. The molecule has 4 nitrogen and oxygen atoms in total. The van der Waals surface area contributed by atoms with Crippen molar-refractivity contribution >= 4 is 11.8 Å². The van der Waals surface area contributed by atoms with Gasteiger partial charge in [-0.1, -0.05) is 53.7 Å². The van der Waals surface area contributed by atoms with E-state index in [2.05, 4.69) is 54.7 Å². The lowest BCUT2D eigenvalue weighted by atomic mass is 9.77. The van der Waals surface area contributed by atoms with Gasteiger partial charge in [0, 0.05) is 13.1 Å². The first-order chi connectivity index (χ1) is 10.3. The van der Waals surface area contributed by atoms with E-state index in [0.29, 0.717) is 13.1 Å². The number of primary amides is 1. The van der Waals surface area contributed by atoms with Crippen LogP contribution in [0.1, 0.15) is 54.4 Å². The predicted octanol–water partition coefficient (Wildman–Crippen LogP) is 3.53. The summed E-state index contributed by atoms with van der Waals surface area (Å²) >= 11 is 0. The molecule has 0 bridgehead atoms. The number of hydrogen-bond acceptors (Lipinski definition) is 2. The molecule has 4 heteroatoms. The second kappa shape index (κ2) is 7.80. The van der Waals surface area contributed by atoms with E-state index in [1.807, 2.05) is 0 Å². The monoisotopic (exact) mass is 322 g/mol. The van der Waals surface area contributed by atoms with E-state index >= 15 is 0 Å². The molecule has 132 valence electrons. The number of nitrogens with zero attached hydrogens (tertiary/aromatic N) is 1. The van der Waals surface area contributed by atoms with E-state index in [4.69, 9.17) is 5.73 Å². The van der Waals surface area contributed by atoms with E-state index in [0.717, 1.165) is 0 Å². The van der Waals surface area contributed by atoms with Gasteiger partial charge in [-0.3, -0.25) is 9.59 Å². The zero-order valence-corrected chi connectivity index (χ0v) is 15.7. The maximum atomic E-state index is 13.3. The molecule has 0 saturated heterocycles. The molecule has 0 aliphatic carbocycles.